The van der Waals surface area contributed by atoms with Gasteiger partial charge in [-0.3, -0.25) is 0 Å². The second kappa shape index (κ2) is 3.85. The first kappa shape index (κ1) is 11.0. The number of nitrogen functional groups attached to an aromatic ring is 1. The first-order chi connectivity index (χ1) is 7.54. The normalized spacial score (nSPS) is 18.8. The Morgan fingerprint density at radius 2 is 2.19 bits per heavy atom. The van der Waals surface area contributed by atoms with Gasteiger partial charge in [-0.1, -0.05) is 0 Å². The third-order valence-electron chi connectivity index (χ3n) is 3.25. The second-order valence-corrected chi connectivity index (χ2v) is 4.83. The van der Waals surface area contributed by atoms with Crippen LogP contribution in [-0.4, -0.2) is 24.2 Å². The Bertz CT molecular complexity index is 390. The van der Waals surface area contributed by atoms with Crippen LogP contribution in [0.25, 0.3) is 0 Å². The highest BCUT2D eigenvalue weighted by Gasteiger charge is 2.33. The molecule has 0 bridgehead atoms. The molecule has 0 amide bonds. The molecule has 0 aromatic carbocycles. The molecule has 0 atom stereocenters. The number of methoxy groups -OCH3 is 1. The predicted molar refractivity (Wildman–Crippen MR) is 65.9 cm³/mol. The number of pyridine rings is 1. The molecule has 2 N–H and O–H groups in total. The highest BCUT2D eigenvalue weighted by Crippen LogP contribution is 2.36. The largest absolute Gasteiger partial charge is 0.481 e. The van der Waals surface area contributed by atoms with Crippen molar-refractivity contribution in [2.24, 2.45) is 0 Å². The topological polar surface area (TPSA) is 51.4 Å². The standard InChI is InChI=1S/C12H19N3O/c1-12(2)7-4-8-15(12)11-9(13)5-6-10(14-11)16-3/h5-6H,4,7-8,13H2,1-3H3. The average Bonchev–Trinajstić information content (AvgIpc) is 2.59. The summed E-state index contributed by atoms with van der Waals surface area (Å²) in [7, 11) is 1.62. The molecule has 4 heteroatoms. The maximum atomic E-state index is 5.99. The molecule has 1 aliphatic rings. The summed E-state index contributed by atoms with van der Waals surface area (Å²) in [5.74, 6) is 1.47. The van der Waals surface area contributed by atoms with Crippen LogP contribution in [0.2, 0.25) is 0 Å². The van der Waals surface area contributed by atoms with Crippen molar-refractivity contribution >= 4 is 11.5 Å². The molecule has 2 rings (SSSR count). The summed E-state index contributed by atoms with van der Waals surface area (Å²) in [6.07, 6.45) is 2.36. The molecule has 0 aliphatic carbocycles. The van der Waals surface area contributed by atoms with E-state index in [9.17, 15) is 0 Å². The monoisotopic (exact) mass is 221 g/mol. The van der Waals surface area contributed by atoms with Crippen LogP contribution in [0.5, 0.6) is 5.88 Å². The number of nitrogens with zero attached hydrogens (tertiary/aromatic N) is 2. The molecule has 0 radical (unpaired) electrons. The fraction of sp³-hybridized carbons (Fsp3) is 0.583. The Kier molecular flexibility index (Phi) is 2.66. The van der Waals surface area contributed by atoms with Gasteiger partial charge in [0.1, 0.15) is 0 Å². The van der Waals surface area contributed by atoms with Gasteiger partial charge >= 0.3 is 0 Å². The number of anilines is 2. The van der Waals surface area contributed by atoms with Crippen LogP contribution >= 0.6 is 0 Å². The van der Waals surface area contributed by atoms with E-state index in [1.807, 2.05) is 6.07 Å². The first-order valence-corrected chi connectivity index (χ1v) is 5.63. The number of rotatable bonds is 2. The maximum absolute atomic E-state index is 5.99. The molecule has 1 fully saturated rings. The van der Waals surface area contributed by atoms with Gasteiger partial charge in [-0.25, -0.2) is 0 Å². The van der Waals surface area contributed by atoms with Crippen LogP contribution in [0, 0.1) is 0 Å². The summed E-state index contributed by atoms with van der Waals surface area (Å²) < 4.78 is 5.14. The number of nitrogens with two attached hydrogens (primary N) is 1. The van der Waals surface area contributed by atoms with E-state index in [1.165, 1.54) is 12.8 Å². The van der Waals surface area contributed by atoms with Crippen LogP contribution < -0.4 is 15.4 Å². The van der Waals surface area contributed by atoms with E-state index in [1.54, 1.807) is 13.2 Å². The Morgan fingerprint density at radius 1 is 1.44 bits per heavy atom. The van der Waals surface area contributed by atoms with Gasteiger partial charge in [0.05, 0.1) is 12.8 Å². The predicted octanol–water partition coefficient (Wildman–Crippen LogP) is 2.05. The molecule has 0 spiro atoms. The van der Waals surface area contributed by atoms with E-state index in [0.29, 0.717) is 5.88 Å². The van der Waals surface area contributed by atoms with E-state index >= 15 is 0 Å². The van der Waals surface area contributed by atoms with Crippen molar-refractivity contribution in [3.05, 3.63) is 12.1 Å². The van der Waals surface area contributed by atoms with Crippen molar-refractivity contribution in [1.82, 2.24) is 4.98 Å². The fourth-order valence-corrected chi connectivity index (χ4v) is 2.27. The van der Waals surface area contributed by atoms with E-state index in [4.69, 9.17) is 10.5 Å². The summed E-state index contributed by atoms with van der Waals surface area (Å²) in [4.78, 5) is 6.72. The zero-order chi connectivity index (χ0) is 11.8. The van der Waals surface area contributed by atoms with Crippen molar-refractivity contribution < 1.29 is 4.74 Å². The zero-order valence-electron chi connectivity index (χ0n) is 10.2. The van der Waals surface area contributed by atoms with E-state index in [-0.39, 0.29) is 5.54 Å². The number of aromatic nitrogens is 1. The van der Waals surface area contributed by atoms with Crippen molar-refractivity contribution in [3.63, 3.8) is 0 Å². The van der Waals surface area contributed by atoms with Crippen molar-refractivity contribution in [2.45, 2.75) is 32.2 Å². The Morgan fingerprint density at radius 3 is 2.75 bits per heavy atom. The lowest BCUT2D eigenvalue weighted by atomic mass is 10.0. The Labute approximate surface area is 96.4 Å². The molecule has 16 heavy (non-hydrogen) atoms. The lowest BCUT2D eigenvalue weighted by Gasteiger charge is -2.33. The van der Waals surface area contributed by atoms with Gasteiger partial charge < -0.3 is 15.4 Å². The van der Waals surface area contributed by atoms with Gasteiger partial charge in [0, 0.05) is 18.2 Å². The highest BCUT2D eigenvalue weighted by atomic mass is 16.5. The summed E-state index contributed by atoms with van der Waals surface area (Å²) in [5, 5.41) is 0. The third-order valence-corrected chi connectivity index (χ3v) is 3.25. The van der Waals surface area contributed by atoms with Gasteiger partial charge in [-0.05, 0) is 32.8 Å². The summed E-state index contributed by atoms with van der Waals surface area (Å²) in [6.45, 7) is 5.46. The molecule has 1 aromatic heterocycles. The number of hydrogen-bond donors (Lipinski definition) is 1. The minimum atomic E-state index is 0.132. The smallest absolute Gasteiger partial charge is 0.215 e. The van der Waals surface area contributed by atoms with Gasteiger partial charge in [-0.2, -0.15) is 4.98 Å². The maximum Gasteiger partial charge on any atom is 0.215 e. The molecular weight excluding hydrogens is 202 g/mol. The van der Waals surface area contributed by atoms with Gasteiger partial charge in [0.15, 0.2) is 5.82 Å². The fourth-order valence-electron chi connectivity index (χ4n) is 2.27. The molecule has 1 aromatic rings. The molecule has 88 valence electrons. The van der Waals surface area contributed by atoms with Gasteiger partial charge in [0.2, 0.25) is 5.88 Å². The van der Waals surface area contributed by atoms with Crippen LogP contribution in [0.1, 0.15) is 26.7 Å². The quantitative estimate of drug-likeness (QED) is 0.830. The Balaban J connectivity index is 2.39. The molecule has 0 unspecified atom stereocenters. The molecule has 4 nitrogen and oxygen atoms in total. The van der Waals surface area contributed by atoms with Crippen LogP contribution in [-0.2, 0) is 0 Å². The summed E-state index contributed by atoms with van der Waals surface area (Å²) >= 11 is 0. The van der Waals surface area contributed by atoms with E-state index < -0.39 is 0 Å². The Hall–Kier alpha value is -1.45. The van der Waals surface area contributed by atoms with Crippen molar-refractivity contribution in [3.8, 4) is 5.88 Å². The van der Waals surface area contributed by atoms with Gasteiger partial charge in [0.25, 0.3) is 0 Å². The number of ether oxygens (including phenoxy) is 1. The highest BCUT2D eigenvalue weighted by molar-refractivity contribution is 5.65. The van der Waals surface area contributed by atoms with Crippen LogP contribution in [0.4, 0.5) is 11.5 Å². The number of hydrogen-bond acceptors (Lipinski definition) is 4. The second-order valence-electron chi connectivity index (χ2n) is 4.83. The minimum absolute atomic E-state index is 0.132. The zero-order valence-corrected chi connectivity index (χ0v) is 10.2. The van der Waals surface area contributed by atoms with Crippen LogP contribution in [0.3, 0.4) is 0 Å². The summed E-state index contributed by atoms with van der Waals surface area (Å²) in [6, 6.07) is 3.65. The summed E-state index contributed by atoms with van der Waals surface area (Å²) in [5.41, 5.74) is 6.84. The van der Waals surface area contributed by atoms with Crippen LogP contribution in [0.15, 0.2) is 12.1 Å². The molecule has 1 aliphatic heterocycles. The first-order valence-electron chi connectivity index (χ1n) is 5.63. The van der Waals surface area contributed by atoms with E-state index in [0.717, 1.165) is 18.1 Å². The molecule has 0 saturated carbocycles. The van der Waals surface area contributed by atoms with Gasteiger partial charge in [-0.15, -0.1) is 0 Å². The third kappa shape index (κ3) is 1.79. The molecule has 1 saturated heterocycles. The average molecular weight is 221 g/mol. The molecule has 2 heterocycles. The lowest BCUT2D eigenvalue weighted by Crippen LogP contribution is -2.39. The minimum Gasteiger partial charge on any atom is -0.481 e. The molecular formula is C12H19N3O. The van der Waals surface area contributed by atoms with E-state index in [2.05, 4.69) is 23.7 Å². The van der Waals surface area contributed by atoms with Crippen molar-refractivity contribution in [1.29, 1.82) is 0 Å². The van der Waals surface area contributed by atoms with Crippen molar-refractivity contribution in [2.75, 3.05) is 24.3 Å². The SMILES string of the molecule is COc1ccc(N)c(N2CCCC2(C)C)n1. The lowest BCUT2D eigenvalue weighted by molar-refractivity contribution is 0.397.